The molecule has 0 fully saturated rings. The average molecular weight is 263 g/mol. The summed E-state index contributed by atoms with van der Waals surface area (Å²) in [6, 6.07) is 12.9. The quantitative estimate of drug-likeness (QED) is 0.913. The minimum absolute atomic E-state index is 0.660. The van der Waals surface area contributed by atoms with E-state index in [0.29, 0.717) is 5.02 Å². The summed E-state index contributed by atoms with van der Waals surface area (Å²) in [6.07, 6.45) is -0.670. The smallest absolute Gasteiger partial charge is 0.122 e. The van der Waals surface area contributed by atoms with E-state index in [4.69, 9.17) is 16.3 Å². The number of aliphatic hydroxyl groups excluding tert-OH is 1. The largest absolute Gasteiger partial charge is 0.496 e. The molecule has 0 aliphatic carbocycles. The van der Waals surface area contributed by atoms with Gasteiger partial charge in [-0.05, 0) is 41.8 Å². The van der Waals surface area contributed by atoms with E-state index in [2.05, 4.69) is 0 Å². The summed E-state index contributed by atoms with van der Waals surface area (Å²) in [5.41, 5.74) is 2.66. The Bertz CT molecular complexity index is 535. The Morgan fingerprint density at radius 2 is 1.67 bits per heavy atom. The van der Waals surface area contributed by atoms with Gasteiger partial charge in [-0.1, -0.05) is 35.9 Å². The predicted molar refractivity (Wildman–Crippen MR) is 73.2 cm³/mol. The highest BCUT2D eigenvalue weighted by atomic mass is 35.5. The van der Waals surface area contributed by atoms with Crippen LogP contribution in [-0.2, 0) is 0 Å². The van der Waals surface area contributed by atoms with E-state index in [0.717, 1.165) is 22.4 Å². The third kappa shape index (κ3) is 2.66. The molecule has 2 aromatic rings. The second-order valence-electron chi connectivity index (χ2n) is 4.18. The molecule has 2 nitrogen and oxygen atoms in total. The molecule has 94 valence electrons. The molecule has 1 atom stereocenters. The number of aliphatic hydroxyl groups is 1. The normalized spacial score (nSPS) is 12.2. The number of rotatable bonds is 3. The first-order valence-corrected chi connectivity index (χ1v) is 6.07. The molecule has 0 spiro atoms. The fourth-order valence-corrected chi connectivity index (χ4v) is 1.97. The van der Waals surface area contributed by atoms with Gasteiger partial charge in [-0.25, -0.2) is 0 Å². The maximum Gasteiger partial charge on any atom is 0.122 e. The van der Waals surface area contributed by atoms with Crippen LogP contribution in [0.4, 0.5) is 0 Å². The van der Waals surface area contributed by atoms with Gasteiger partial charge in [0.25, 0.3) is 0 Å². The van der Waals surface area contributed by atoms with E-state index in [1.807, 2.05) is 37.3 Å². The van der Waals surface area contributed by atoms with Gasteiger partial charge >= 0.3 is 0 Å². The van der Waals surface area contributed by atoms with E-state index < -0.39 is 6.10 Å². The maximum atomic E-state index is 10.3. The summed E-state index contributed by atoms with van der Waals surface area (Å²) < 4.78 is 5.26. The monoisotopic (exact) mass is 262 g/mol. The first-order valence-electron chi connectivity index (χ1n) is 5.70. The van der Waals surface area contributed by atoms with Gasteiger partial charge in [-0.2, -0.15) is 0 Å². The maximum absolute atomic E-state index is 10.3. The van der Waals surface area contributed by atoms with Gasteiger partial charge in [0.1, 0.15) is 11.9 Å². The molecule has 18 heavy (non-hydrogen) atoms. The van der Waals surface area contributed by atoms with E-state index in [1.54, 1.807) is 19.2 Å². The number of hydrogen-bond acceptors (Lipinski definition) is 2. The lowest BCUT2D eigenvalue weighted by molar-refractivity contribution is 0.219. The molecule has 0 aliphatic heterocycles. The summed E-state index contributed by atoms with van der Waals surface area (Å²) in [6.45, 7) is 1.97. The highest BCUT2D eigenvalue weighted by Gasteiger charge is 2.12. The van der Waals surface area contributed by atoms with Crippen LogP contribution in [-0.4, -0.2) is 12.2 Å². The van der Waals surface area contributed by atoms with Crippen molar-refractivity contribution in [1.82, 2.24) is 0 Å². The number of hydrogen-bond donors (Lipinski definition) is 1. The zero-order valence-electron chi connectivity index (χ0n) is 10.4. The van der Waals surface area contributed by atoms with Crippen LogP contribution in [0.15, 0.2) is 42.5 Å². The van der Waals surface area contributed by atoms with Gasteiger partial charge in [0.15, 0.2) is 0 Å². The highest BCUT2D eigenvalue weighted by molar-refractivity contribution is 6.30. The molecule has 1 unspecified atom stereocenters. The van der Waals surface area contributed by atoms with Gasteiger partial charge in [-0.15, -0.1) is 0 Å². The second kappa shape index (κ2) is 5.42. The van der Waals surface area contributed by atoms with Gasteiger partial charge in [0.05, 0.1) is 7.11 Å². The lowest BCUT2D eigenvalue weighted by Crippen LogP contribution is -2.00. The Hall–Kier alpha value is -1.51. The molecule has 1 N–H and O–H groups in total. The molecule has 0 aromatic heterocycles. The van der Waals surface area contributed by atoms with Crippen molar-refractivity contribution in [2.24, 2.45) is 0 Å². The Morgan fingerprint density at radius 3 is 2.28 bits per heavy atom. The molecule has 0 heterocycles. The molecule has 0 aliphatic rings. The number of ether oxygens (including phenoxy) is 1. The van der Waals surface area contributed by atoms with Crippen molar-refractivity contribution in [2.45, 2.75) is 13.0 Å². The van der Waals surface area contributed by atoms with Crippen LogP contribution in [0.1, 0.15) is 22.8 Å². The lowest BCUT2D eigenvalue weighted by atomic mass is 10.00. The third-order valence-electron chi connectivity index (χ3n) is 2.93. The summed E-state index contributed by atoms with van der Waals surface area (Å²) in [7, 11) is 1.63. The van der Waals surface area contributed by atoms with Crippen molar-refractivity contribution >= 4 is 11.6 Å². The molecule has 0 radical (unpaired) electrons. The minimum atomic E-state index is -0.670. The minimum Gasteiger partial charge on any atom is -0.496 e. The van der Waals surface area contributed by atoms with Crippen LogP contribution in [0.3, 0.4) is 0 Å². The summed E-state index contributed by atoms with van der Waals surface area (Å²) in [5.74, 6) is 0.778. The van der Waals surface area contributed by atoms with E-state index in [-0.39, 0.29) is 0 Å². The van der Waals surface area contributed by atoms with Gasteiger partial charge < -0.3 is 9.84 Å². The van der Waals surface area contributed by atoms with Crippen molar-refractivity contribution in [1.29, 1.82) is 0 Å². The van der Waals surface area contributed by atoms with Crippen LogP contribution >= 0.6 is 11.6 Å². The first kappa shape index (κ1) is 12.9. The molecular formula is C15H15ClO2. The third-order valence-corrected chi connectivity index (χ3v) is 3.19. The zero-order chi connectivity index (χ0) is 13.1. The highest BCUT2D eigenvalue weighted by Crippen LogP contribution is 2.27. The molecule has 3 heteroatoms. The molecule has 2 aromatic carbocycles. The lowest BCUT2D eigenvalue weighted by Gasteiger charge is -2.14. The van der Waals surface area contributed by atoms with Gasteiger partial charge in [0, 0.05) is 5.02 Å². The van der Waals surface area contributed by atoms with Crippen molar-refractivity contribution in [2.75, 3.05) is 7.11 Å². The first-order chi connectivity index (χ1) is 8.61. The van der Waals surface area contributed by atoms with Crippen molar-refractivity contribution < 1.29 is 9.84 Å². The van der Waals surface area contributed by atoms with Gasteiger partial charge in [-0.3, -0.25) is 0 Å². The van der Waals surface area contributed by atoms with E-state index >= 15 is 0 Å². The Morgan fingerprint density at radius 1 is 1.06 bits per heavy atom. The Labute approximate surface area is 112 Å². The van der Waals surface area contributed by atoms with Gasteiger partial charge in [0.2, 0.25) is 0 Å². The van der Waals surface area contributed by atoms with Crippen molar-refractivity contribution in [3.63, 3.8) is 0 Å². The summed E-state index contributed by atoms with van der Waals surface area (Å²) >= 11 is 5.83. The van der Waals surface area contributed by atoms with E-state index in [1.165, 1.54) is 0 Å². The molecule has 0 bridgehead atoms. The van der Waals surface area contributed by atoms with Crippen LogP contribution in [0.5, 0.6) is 5.75 Å². The average Bonchev–Trinajstić information content (AvgIpc) is 2.39. The van der Waals surface area contributed by atoms with E-state index in [9.17, 15) is 5.11 Å². The summed E-state index contributed by atoms with van der Waals surface area (Å²) in [4.78, 5) is 0. The fraction of sp³-hybridized carbons (Fsp3) is 0.200. The SMILES string of the molecule is COc1cc(C(O)c2ccc(Cl)cc2)ccc1C. The fourth-order valence-electron chi connectivity index (χ4n) is 1.84. The predicted octanol–water partition coefficient (Wildman–Crippen LogP) is 3.74. The Balaban J connectivity index is 2.33. The Kier molecular flexibility index (Phi) is 3.90. The number of halogens is 1. The molecule has 2 rings (SSSR count). The number of methoxy groups -OCH3 is 1. The topological polar surface area (TPSA) is 29.5 Å². The molecule has 0 saturated carbocycles. The van der Waals surface area contributed by atoms with Crippen LogP contribution in [0, 0.1) is 6.92 Å². The number of aryl methyl sites for hydroxylation is 1. The van der Waals surface area contributed by atoms with Crippen LogP contribution < -0.4 is 4.74 Å². The van der Waals surface area contributed by atoms with Crippen LogP contribution in [0.25, 0.3) is 0 Å². The molecule has 0 saturated heterocycles. The second-order valence-corrected chi connectivity index (χ2v) is 4.62. The van der Waals surface area contributed by atoms with Crippen LogP contribution in [0.2, 0.25) is 5.02 Å². The molecular weight excluding hydrogens is 248 g/mol. The summed E-state index contributed by atoms with van der Waals surface area (Å²) in [5, 5.41) is 11.0. The van der Waals surface area contributed by atoms with Crippen molar-refractivity contribution in [3.8, 4) is 5.75 Å². The number of benzene rings is 2. The zero-order valence-corrected chi connectivity index (χ0v) is 11.1. The van der Waals surface area contributed by atoms with Crippen molar-refractivity contribution in [3.05, 3.63) is 64.2 Å². The standard InChI is InChI=1S/C15H15ClO2/c1-10-3-4-12(9-14(10)18-2)15(17)11-5-7-13(16)8-6-11/h3-9,15,17H,1-2H3. The molecule has 0 amide bonds.